The normalized spacial score (nSPS) is 27.7. The summed E-state index contributed by atoms with van der Waals surface area (Å²) in [5.41, 5.74) is -0.421. The van der Waals surface area contributed by atoms with Gasteiger partial charge in [-0.1, -0.05) is 18.2 Å². The first-order valence-corrected chi connectivity index (χ1v) is 8.98. The van der Waals surface area contributed by atoms with E-state index in [1.54, 1.807) is 23.1 Å². The Morgan fingerprint density at radius 1 is 1.19 bits per heavy atom. The predicted molar refractivity (Wildman–Crippen MR) is 93.6 cm³/mol. The SMILES string of the molecule is O=C(c1c[nH]c(=O)c2ccccc12)N1CC[C@@]23OCCCN2C(=O)C[C@@H]13. The molecule has 3 aliphatic rings. The Labute approximate surface area is 149 Å². The van der Waals surface area contributed by atoms with E-state index in [-0.39, 0.29) is 23.4 Å². The van der Waals surface area contributed by atoms with E-state index < -0.39 is 5.72 Å². The minimum Gasteiger partial charge on any atom is -0.353 e. The number of hydrogen-bond acceptors (Lipinski definition) is 4. The first-order chi connectivity index (χ1) is 12.6. The van der Waals surface area contributed by atoms with Crippen LogP contribution in [-0.4, -0.2) is 58.1 Å². The molecule has 26 heavy (non-hydrogen) atoms. The maximum atomic E-state index is 13.3. The molecule has 1 spiro atoms. The molecular formula is C19H19N3O4. The summed E-state index contributed by atoms with van der Waals surface area (Å²) in [7, 11) is 0. The molecule has 1 aromatic carbocycles. The minimum absolute atomic E-state index is 0.0542. The van der Waals surface area contributed by atoms with E-state index >= 15 is 0 Å². The van der Waals surface area contributed by atoms with E-state index in [1.165, 1.54) is 6.20 Å². The third-order valence-electron chi connectivity index (χ3n) is 5.91. The Hall–Kier alpha value is -2.67. The number of H-pyrrole nitrogens is 1. The van der Waals surface area contributed by atoms with Crippen LogP contribution in [0.3, 0.4) is 0 Å². The molecule has 0 unspecified atom stereocenters. The van der Waals surface area contributed by atoms with Gasteiger partial charge in [0.15, 0.2) is 5.72 Å². The van der Waals surface area contributed by atoms with Crippen molar-refractivity contribution in [3.8, 4) is 0 Å². The number of likely N-dealkylation sites (tertiary alicyclic amines) is 1. The molecule has 3 saturated heterocycles. The van der Waals surface area contributed by atoms with Crippen molar-refractivity contribution in [1.29, 1.82) is 0 Å². The molecule has 134 valence electrons. The quantitative estimate of drug-likeness (QED) is 0.832. The lowest BCUT2D eigenvalue weighted by molar-refractivity contribution is -0.179. The molecule has 5 rings (SSSR count). The van der Waals surface area contributed by atoms with E-state index in [2.05, 4.69) is 4.98 Å². The smallest absolute Gasteiger partial charge is 0.256 e. The Bertz CT molecular complexity index is 984. The number of aromatic nitrogens is 1. The highest BCUT2D eigenvalue weighted by Gasteiger charge is 2.61. The topological polar surface area (TPSA) is 82.7 Å². The molecule has 7 heteroatoms. The maximum absolute atomic E-state index is 13.3. The summed E-state index contributed by atoms with van der Waals surface area (Å²) in [6.07, 6.45) is 3.25. The van der Waals surface area contributed by atoms with Crippen molar-refractivity contribution < 1.29 is 14.3 Å². The summed E-state index contributed by atoms with van der Waals surface area (Å²) in [6, 6.07) is 6.82. The Morgan fingerprint density at radius 2 is 2.00 bits per heavy atom. The molecule has 2 atom stereocenters. The van der Waals surface area contributed by atoms with Crippen molar-refractivity contribution in [2.45, 2.75) is 31.0 Å². The number of amides is 2. The fourth-order valence-corrected chi connectivity index (χ4v) is 4.73. The lowest BCUT2D eigenvalue weighted by Crippen LogP contribution is -2.56. The number of carbonyl (C=O) groups is 2. The third kappa shape index (κ3) is 1.94. The fraction of sp³-hybridized carbons (Fsp3) is 0.421. The number of benzene rings is 1. The van der Waals surface area contributed by atoms with Crippen LogP contribution in [-0.2, 0) is 9.53 Å². The van der Waals surface area contributed by atoms with Gasteiger partial charge in [0, 0.05) is 36.5 Å². The van der Waals surface area contributed by atoms with Gasteiger partial charge in [-0.05, 0) is 12.5 Å². The Morgan fingerprint density at radius 3 is 2.85 bits per heavy atom. The number of carbonyl (C=O) groups excluding carboxylic acids is 2. The highest BCUT2D eigenvalue weighted by molar-refractivity contribution is 6.07. The zero-order valence-electron chi connectivity index (χ0n) is 14.2. The standard InChI is InChI=1S/C19H19N3O4/c23-16-10-15-19(22(16)7-3-9-26-19)6-8-21(15)18(25)14-11-20-17(24)13-5-2-1-4-12(13)14/h1-2,4-5,11,15H,3,6-10H2,(H,20,24)/t15-,19+/m1/s1. The number of nitrogens with zero attached hydrogens (tertiary/aromatic N) is 2. The monoisotopic (exact) mass is 353 g/mol. The number of nitrogens with one attached hydrogen (secondary N) is 1. The van der Waals surface area contributed by atoms with E-state index in [0.717, 1.165) is 6.42 Å². The number of rotatable bonds is 1. The van der Waals surface area contributed by atoms with Crippen LogP contribution in [0, 0.1) is 0 Å². The van der Waals surface area contributed by atoms with E-state index in [9.17, 15) is 14.4 Å². The molecule has 7 nitrogen and oxygen atoms in total. The van der Waals surface area contributed by atoms with Crippen LogP contribution in [0.5, 0.6) is 0 Å². The van der Waals surface area contributed by atoms with Crippen molar-refractivity contribution in [2.75, 3.05) is 19.7 Å². The summed E-state index contributed by atoms with van der Waals surface area (Å²) >= 11 is 0. The maximum Gasteiger partial charge on any atom is 0.256 e. The van der Waals surface area contributed by atoms with Crippen LogP contribution in [0.25, 0.3) is 10.8 Å². The predicted octanol–water partition coefficient (Wildman–Crippen LogP) is 1.09. The number of fused-ring (bicyclic) bond motifs is 1. The summed E-state index contributed by atoms with van der Waals surface area (Å²) in [4.78, 5) is 44.0. The molecule has 3 aliphatic heterocycles. The average Bonchev–Trinajstić information content (AvgIpc) is 3.14. The molecule has 2 amide bonds. The van der Waals surface area contributed by atoms with Crippen molar-refractivity contribution in [1.82, 2.24) is 14.8 Å². The van der Waals surface area contributed by atoms with Gasteiger partial charge in [-0.2, -0.15) is 0 Å². The largest absolute Gasteiger partial charge is 0.353 e. The second-order valence-corrected chi connectivity index (χ2v) is 7.14. The van der Waals surface area contributed by atoms with Gasteiger partial charge < -0.3 is 19.5 Å². The lowest BCUT2D eigenvalue weighted by Gasteiger charge is -2.42. The Kier molecular flexibility index (Phi) is 3.24. The van der Waals surface area contributed by atoms with Gasteiger partial charge in [0.1, 0.15) is 0 Å². The zero-order chi connectivity index (χ0) is 17.9. The van der Waals surface area contributed by atoms with E-state index in [1.807, 2.05) is 11.0 Å². The molecule has 1 aromatic heterocycles. The highest BCUT2D eigenvalue weighted by Crippen LogP contribution is 2.45. The second kappa shape index (κ2) is 5.41. The van der Waals surface area contributed by atoms with Gasteiger partial charge in [-0.15, -0.1) is 0 Å². The summed E-state index contributed by atoms with van der Waals surface area (Å²) in [5, 5.41) is 1.12. The first-order valence-electron chi connectivity index (χ1n) is 8.98. The molecular weight excluding hydrogens is 334 g/mol. The molecule has 0 bridgehead atoms. The van der Waals surface area contributed by atoms with Crippen molar-refractivity contribution in [3.05, 3.63) is 46.4 Å². The van der Waals surface area contributed by atoms with Gasteiger partial charge in [-0.25, -0.2) is 0 Å². The second-order valence-electron chi connectivity index (χ2n) is 7.14. The highest BCUT2D eigenvalue weighted by atomic mass is 16.5. The van der Waals surface area contributed by atoms with Crippen LogP contribution >= 0.6 is 0 Å². The van der Waals surface area contributed by atoms with Crippen LogP contribution in [0.15, 0.2) is 35.3 Å². The number of hydrogen-bond donors (Lipinski definition) is 1. The van der Waals surface area contributed by atoms with Crippen LogP contribution in [0.1, 0.15) is 29.6 Å². The fourth-order valence-electron chi connectivity index (χ4n) is 4.73. The molecule has 0 radical (unpaired) electrons. The van der Waals surface area contributed by atoms with Gasteiger partial charge in [0.2, 0.25) is 5.91 Å². The Balaban J connectivity index is 1.56. The van der Waals surface area contributed by atoms with Crippen molar-refractivity contribution in [2.24, 2.45) is 0 Å². The van der Waals surface area contributed by atoms with E-state index in [4.69, 9.17) is 4.74 Å². The zero-order valence-corrected chi connectivity index (χ0v) is 14.2. The summed E-state index contributed by atoms with van der Waals surface area (Å²) < 4.78 is 6.06. The first kappa shape index (κ1) is 15.6. The minimum atomic E-state index is -0.664. The van der Waals surface area contributed by atoms with E-state index in [0.29, 0.717) is 48.9 Å². The summed E-state index contributed by atoms with van der Waals surface area (Å²) in [5.74, 6) is -0.110. The number of pyridine rings is 1. The van der Waals surface area contributed by atoms with Gasteiger partial charge in [0.05, 0.1) is 24.6 Å². The van der Waals surface area contributed by atoms with Gasteiger partial charge >= 0.3 is 0 Å². The van der Waals surface area contributed by atoms with Gasteiger partial charge in [-0.3, -0.25) is 14.4 Å². The van der Waals surface area contributed by atoms with Crippen LogP contribution < -0.4 is 5.56 Å². The van der Waals surface area contributed by atoms with Crippen LogP contribution in [0.2, 0.25) is 0 Å². The molecule has 1 N–H and O–H groups in total. The number of aromatic amines is 1. The van der Waals surface area contributed by atoms with Crippen molar-refractivity contribution >= 4 is 22.6 Å². The molecule has 4 heterocycles. The molecule has 0 saturated carbocycles. The third-order valence-corrected chi connectivity index (χ3v) is 5.91. The van der Waals surface area contributed by atoms with Gasteiger partial charge in [0.25, 0.3) is 11.5 Å². The average molecular weight is 353 g/mol. The number of ether oxygens (including phenoxy) is 1. The van der Waals surface area contributed by atoms with Crippen molar-refractivity contribution in [3.63, 3.8) is 0 Å². The lowest BCUT2D eigenvalue weighted by atomic mass is 10.0. The summed E-state index contributed by atoms with van der Waals surface area (Å²) in [6.45, 7) is 1.85. The van der Waals surface area contributed by atoms with Crippen LogP contribution in [0.4, 0.5) is 0 Å². The molecule has 2 aromatic rings. The molecule has 3 fully saturated rings. The molecule has 0 aliphatic carbocycles.